The van der Waals surface area contributed by atoms with Gasteiger partial charge < -0.3 is 14.4 Å². The van der Waals surface area contributed by atoms with Gasteiger partial charge in [-0.2, -0.15) is 0 Å². The number of piperidine rings is 1. The van der Waals surface area contributed by atoms with E-state index in [-0.39, 0.29) is 6.09 Å². The van der Waals surface area contributed by atoms with Crippen LogP contribution in [0.15, 0.2) is 30.3 Å². The monoisotopic (exact) mass is 315 g/mol. The van der Waals surface area contributed by atoms with Crippen molar-refractivity contribution in [3.63, 3.8) is 0 Å². The van der Waals surface area contributed by atoms with Gasteiger partial charge in [0.25, 0.3) is 0 Å². The number of benzene rings is 1. The fraction of sp³-hybridized carbons (Fsp3) is 0.526. The van der Waals surface area contributed by atoms with Crippen LogP contribution in [0.4, 0.5) is 4.79 Å². The van der Waals surface area contributed by atoms with Gasteiger partial charge in [0.1, 0.15) is 11.2 Å². The molecule has 4 nitrogen and oxygen atoms in total. The molecule has 1 fully saturated rings. The number of hydrogen-bond acceptors (Lipinski definition) is 3. The molecule has 1 aromatic carbocycles. The first kappa shape index (κ1) is 17.4. The summed E-state index contributed by atoms with van der Waals surface area (Å²) in [5.74, 6) is 6.44. The van der Waals surface area contributed by atoms with Gasteiger partial charge in [-0.15, -0.1) is 0 Å². The fourth-order valence-corrected chi connectivity index (χ4v) is 2.46. The number of carbonyl (C=O) groups is 1. The lowest BCUT2D eigenvalue weighted by Crippen LogP contribution is -2.48. The molecule has 0 unspecified atom stereocenters. The Morgan fingerprint density at radius 2 is 1.78 bits per heavy atom. The molecule has 0 aromatic heterocycles. The highest BCUT2D eigenvalue weighted by Gasteiger charge is 2.35. The van der Waals surface area contributed by atoms with Crippen LogP contribution in [-0.4, -0.2) is 42.4 Å². The van der Waals surface area contributed by atoms with Crippen LogP contribution in [0.3, 0.4) is 0 Å². The van der Waals surface area contributed by atoms with Gasteiger partial charge in [-0.1, -0.05) is 30.0 Å². The quantitative estimate of drug-likeness (QED) is 0.745. The van der Waals surface area contributed by atoms with Gasteiger partial charge in [-0.3, -0.25) is 0 Å². The zero-order chi connectivity index (χ0) is 16.9. The minimum atomic E-state index is -0.492. The summed E-state index contributed by atoms with van der Waals surface area (Å²) in [5.41, 5.74) is 0.00689. The van der Waals surface area contributed by atoms with E-state index in [1.54, 1.807) is 12.0 Å². The number of carbonyl (C=O) groups excluding carboxylic acids is 1. The van der Waals surface area contributed by atoms with Crippen molar-refractivity contribution in [3.8, 4) is 11.8 Å². The number of nitrogens with zero attached hydrogens (tertiary/aromatic N) is 1. The standard InChI is InChI=1S/C19H25NO3/c1-18(2,3)23-17(21)20-14-12-19(22-4,13-15-20)11-10-16-8-6-5-7-9-16/h5-9H,12-15H2,1-4H3. The highest BCUT2D eigenvalue weighted by Crippen LogP contribution is 2.26. The lowest BCUT2D eigenvalue weighted by molar-refractivity contribution is -0.0251. The van der Waals surface area contributed by atoms with E-state index in [1.165, 1.54) is 0 Å². The van der Waals surface area contributed by atoms with Crippen LogP contribution in [-0.2, 0) is 9.47 Å². The van der Waals surface area contributed by atoms with Crippen LogP contribution in [0, 0.1) is 11.8 Å². The van der Waals surface area contributed by atoms with Crippen LogP contribution in [0.2, 0.25) is 0 Å². The van der Waals surface area contributed by atoms with Gasteiger partial charge in [-0.05, 0) is 32.9 Å². The Bertz CT molecular complexity index is 585. The topological polar surface area (TPSA) is 38.8 Å². The zero-order valence-electron chi connectivity index (χ0n) is 14.4. The Morgan fingerprint density at radius 3 is 2.30 bits per heavy atom. The molecule has 1 saturated heterocycles. The number of ether oxygens (including phenoxy) is 2. The lowest BCUT2D eigenvalue weighted by Gasteiger charge is -2.38. The molecule has 0 radical (unpaired) electrons. The van der Waals surface area contributed by atoms with Gasteiger partial charge in [0.2, 0.25) is 0 Å². The van der Waals surface area contributed by atoms with E-state index in [2.05, 4.69) is 11.8 Å². The maximum Gasteiger partial charge on any atom is 0.410 e. The van der Waals surface area contributed by atoms with E-state index in [4.69, 9.17) is 9.47 Å². The number of amides is 1. The van der Waals surface area contributed by atoms with Gasteiger partial charge in [-0.25, -0.2) is 4.79 Å². The summed E-state index contributed by atoms with van der Waals surface area (Å²) in [6.45, 7) is 6.80. The van der Waals surface area contributed by atoms with Crippen LogP contribution in [0.1, 0.15) is 39.2 Å². The molecular formula is C19H25NO3. The Hall–Kier alpha value is -1.99. The van der Waals surface area contributed by atoms with Crippen molar-refractivity contribution in [1.29, 1.82) is 0 Å². The molecule has 1 amide bonds. The molecule has 0 bridgehead atoms. The van der Waals surface area contributed by atoms with E-state index in [0.29, 0.717) is 25.9 Å². The van der Waals surface area contributed by atoms with Crippen molar-refractivity contribution in [3.05, 3.63) is 35.9 Å². The van der Waals surface area contributed by atoms with Crippen molar-refractivity contribution in [2.24, 2.45) is 0 Å². The van der Waals surface area contributed by atoms with Crippen molar-refractivity contribution in [1.82, 2.24) is 4.90 Å². The smallest absolute Gasteiger partial charge is 0.410 e. The third-order valence-electron chi connectivity index (χ3n) is 3.82. The fourth-order valence-electron chi connectivity index (χ4n) is 2.46. The summed E-state index contributed by atoms with van der Waals surface area (Å²) in [5, 5.41) is 0. The molecule has 23 heavy (non-hydrogen) atoms. The molecule has 0 atom stereocenters. The van der Waals surface area contributed by atoms with Crippen LogP contribution in [0.5, 0.6) is 0 Å². The summed E-state index contributed by atoms with van der Waals surface area (Å²) >= 11 is 0. The SMILES string of the molecule is COC1(C#Cc2ccccc2)CCN(C(=O)OC(C)(C)C)CC1. The molecule has 1 heterocycles. The van der Waals surface area contributed by atoms with E-state index < -0.39 is 11.2 Å². The van der Waals surface area contributed by atoms with E-state index in [9.17, 15) is 4.79 Å². The minimum absolute atomic E-state index is 0.266. The largest absolute Gasteiger partial charge is 0.444 e. The Balaban J connectivity index is 2.00. The second-order valence-corrected chi connectivity index (χ2v) is 6.78. The normalized spacial score (nSPS) is 17.1. The summed E-state index contributed by atoms with van der Waals surface area (Å²) in [7, 11) is 1.68. The maximum absolute atomic E-state index is 12.1. The van der Waals surface area contributed by atoms with E-state index in [1.807, 2.05) is 51.1 Å². The number of methoxy groups -OCH3 is 1. The molecule has 1 aliphatic rings. The molecule has 1 aliphatic heterocycles. The van der Waals surface area contributed by atoms with Crippen molar-refractivity contribution in [2.45, 2.75) is 44.8 Å². The molecule has 0 N–H and O–H groups in total. The van der Waals surface area contributed by atoms with Crippen molar-refractivity contribution >= 4 is 6.09 Å². The van der Waals surface area contributed by atoms with Crippen molar-refractivity contribution < 1.29 is 14.3 Å². The van der Waals surface area contributed by atoms with Crippen LogP contribution < -0.4 is 0 Å². The Morgan fingerprint density at radius 1 is 1.17 bits per heavy atom. The zero-order valence-corrected chi connectivity index (χ0v) is 14.4. The van der Waals surface area contributed by atoms with Crippen LogP contribution >= 0.6 is 0 Å². The molecular weight excluding hydrogens is 290 g/mol. The molecule has 4 heteroatoms. The van der Waals surface area contributed by atoms with E-state index in [0.717, 1.165) is 5.56 Å². The number of hydrogen-bond donors (Lipinski definition) is 0. The second-order valence-electron chi connectivity index (χ2n) is 6.78. The maximum atomic E-state index is 12.1. The third-order valence-corrected chi connectivity index (χ3v) is 3.82. The van der Waals surface area contributed by atoms with Crippen molar-refractivity contribution in [2.75, 3.05) is 20.2 Å². The molecule has 0 saturated carbocycles. The molecule has 124 valence electrons. The number of rotatable bonds is 1. The predicted molar refractivity (Wildman–Crippen MR) is 90.1 cm³/mol. The summed E-state index contributed by atoms with van der Waals surface area (Å²) < 4.78 is 11.1. The van der Waals surface area contributed by atoms with Gasteiger partial charge in [0.15, 0.2) is 0 Å². The van der Waals surface area contributed by atoms with Gasteiger partial charge >= 0.3 is 6.09 Å². The predicted octanol–water partition coefficient (Wildman–Crippen LogP) is 3.45. The average Bonchev–Trinajstić information content (AvgIpc) is 2.53. The molecule has 1 aromatic rings. The third kappa shape index (κ3) is 5.01. The highest BCUT2D eigenvalue weighted by molar-refractivity contribution is 5.68. The number of likely N-dealkylation sites (tertiary alicyclic amines) is 1. The summed E-state index contributed by atoms with van der Waals surface area (Å²) in [4.78, 5) is 13.8. The first-order valence-corrected chi connectivity index (χ1v) is 7.95. The van der Waals surface area contributed by atoms with Crippen LogP contribution in [0.25, 0.3) is 0 Å². The average molecular weight is 315 g/mol. The molecule has 0 spiro atoms. The molecule has 2 rings (SSSR count). The minimum Gasteiger partial charge on any atom is -0.444 e. The highest BCUT2D eigenvalue weighted by atomic mass is 16.6. The first-order chi connectivity index (χ1) is 10.8. The summed E-state index contributed by atoms with van der Waals surface area (Å²) in [6.07, 6.45) is 1.10. The Labute approximate surface area is 138 Å². The Kier molecular flexibility index (Phi) is 5.33. The molecule has 0 aliphatic carbocycles. The van der Waals surface area contributed by atoms with Gasteiger partial charge in [0, 0.05) is 38.6 Å². The first-order valence-electron chi connectivity index (χ1n) is 7.95. The summed E-state index contributed by atoms with van der Waals surface area (Å²) in [6, 6.07) is 9.86. The van der Waals surface area contributed by atoms with E-state index >= 15 is 0 Å². The van der Waals surface area contributed by atoms with Gasteiger partial charge in [0.05, 0.1) is 0 Å². The second kappa shape index (κ2) is 7.06. The lowest BCUT2D eigenvalue weighted by atomic mass is 9.91.